The zero-order valence-electron chi connectivity index (χ0n) is 16.1. The van der Waals surface area contributed by atoms with Crippen LogP contribution in [0.5, 0.6) is 0 Å². The van der Waals surface area contributed by atoms with Gasteiger partial charge in [0.1, 0.15) is 12.2 Å². The first kappa shape index (κ1) is 24.5. The molecule has 3 rings (SSSR count). The predicted octanol–water partition coefficient (Wildman–Crippen LogP) is 0.929. The van der Waals surface area contributed by atoms with Crippen molar-refractivity contribution in [1.82, 2.24) is 0 Å². The zero-order chi connectivity index (χ0) is 22.3. The van der Waals surface area contributed by atoms with Crippen LogP contribution in [-0.2, 0) is 23.4 Å². The van der Waals surface area contributed by atoms with Crippen molar-refractivity contribution in [3.05, 3.63) is 66.2 Å². The van der Waals surface area contributed by atoms with Crippen molar-refractivity contribution in [3.63, 3.8) is 0 Å². The summed E-state index contributed by atoms with van der Waals surface area (Å²) in [6.45, 7) is 0.959. The normalized spacial score (nSPS) is 26.4. The molecule has 0 aliphatic carbocycles. The molecule has 1 aliphatic rings. The Bertz CT molecular complexity index is 879. The summed E-state index contributed by atoms with van der Waals surface area (Å²) in [7, 11) is -7.25. The van der Waals surface area contributed by atoms with E-state index in [0.717, 1.165) is 5.56 Å². The molecule has 6 atom stereocenters. The molecule has 0 bridgehead atoms. The first-order valence-corrected chi connectivity index (χ1v) is 11.6. The summed E-state index contributed by atoms with van der Waals surface area (Å²) < 4.78 is 46.0. The number of aliphatic hydroxyl groups is 4. The quantitative estimate of drug-likeness (QED) is 0.378. The van der Waals surface area contributed by atoms with Crippen LogP contribution in [-0.4, -0.2) is 65.7 Å². The maximum atomic E-state index is 12.2. The summed E-state index contributed by atoms with van der Waals surface area (Å²) in [5.74, 6) is -1.84. The van der Waals surface area contributed by atoms with E-state index in [-0.39, 0.29) is 4.90 Å². The highest BCUT2D eigenvalue weighted by Crippen LogP contribution is 2.43. The van der Waals surface area contributed by atoms with E-state index in [2.05, 4.69) is 0 Å². The average molecular weight is 459 g/mol. The van der Waals surface area contributed by atoms with E-state index in [1.807, 2.05) is 36.4 Å². The highest BCUT2D eigenvalue weighted by molar-refractivity contribution is 7.87. The van der Waals surface area contributed by atoms with E-state index in [4.69, 9.17) is 13.8 Å². The third kappa shape index (κ3) is 6.37. The number of rotatable bonds is 5. The van der Waals surface area contributed by atoms with Gasteiger partial charge in [0.05, 0.1) is 11.5 Å². The second kappa shape index (κ2) is 11.0. The van der Waals surface area contributed by atoms with Gasteiger partial charge in [-0.3, -0.25) is 0 Å². The summed E-state index contributed by atoms with van der Waals surface area (Å²) in [5, 5.41) is 38.2. The lowest BCUT2D eigenvalue weighted by molar-refractivity contribution is -0.132. The van der Waals surface area contributed by atoms with Gasteiger partial charge in [-0.2, -0.15) is 8.42 Å². The third-order valence-corrected chi connectivity index (χ3v) is 6.91. The van der Waals surface area contributed by atoms with Crippen molar-refractivity contribution >= 4 is 18.1 Å². The second-order valence-electron chi connectivity index (χ2n) is 6.50. The minimum Gasteiger partial charge on any atom is -0.394 e. The molecule has 30 heavy (non-hydrogen) atoms. The SMILES string of the molecule is Cc1ccc(S(=O)(=O)OC2C(O)C(O)C(C(O)CO)O[P+]2=O)cc1.c1ccccc1. The van der Waals surface area contributed by atoms with E-state index < -0.39 is 55.0 Å². The molecule has 11 heteroatoms. The van der Waals surface area contributed by atoms with E-state index in [1.165, 1.54) is 24.3 Å². The van der Waals surface area contributed by atoms with Gasteiger partial charge < -0.3 is 20.4 Å². The van der Waals surface area contributed by atoms with Gasteiger partial charge in [-0.1, -0.05) is 54.1 Å². The maximum absolute atomic E-state index is 12.2. The molecular weight excluding hydrogens is 435 g/mol. The van der Waals surface area contributed by atoms with Crippen LogP contribution in [0.15, 0.2) is 65.6 Å². The van der Waals surface area contributed by atoms with E-state index in [9.17, 15) is 28.3 Å². The van der Waals surface area contributed by atoms with Gasteiger partial charge in [0.15, 0.2) is 12.2 Å². The highest BCUT2D eigenvalue weighted by atomic mass is 32.2. The molecule has 0 spiro atoms. The van der Waals surface area contributed by atoms with E-state index in [1.54, 1.807) is 6.92 Å². The van der Waals surface area contributed by atoms with Crippen molar-refractivity contribution in [1.29, 1.82) is 0 Å². The molecule has 6 unspecified atom stereocenters. The Balaban J connectivity index is 0.000000456. The topological polar surface area (TPSA) is 151 Å². The van der Waals surface area contributed by atoms with Gasteiger partial charge >= 0.3 is 24.0 Å². The van der Waals surface area contributed by atoms with Crippen LogP contribution in [0.3, 0.4) is 0 Å². The lowest BCUT2D eigenvalue weighted by Crippen LogP contribution is -2.54. The zero-order valence-corrected chi connectivity index (χ0v) is 17.8. The van der Waals surface area contributed by atoms with E-state index >= 15 is 0 Å². The van der Waals surface area contributed by atoms with E-state index in [0.29, 0.717) is 0 Å². The number of aryl methyl sites for hydroxylation is 1. The molecule has 0 amide bonds. The Morgan fingerprint density at radius 2 is 1.53 bits per heavy atom. The van der Waals surface area contributed by atoms with Crippen molar-refractivity contribution in [3.8, 4) is 0 Å². The molecule has 1 saturated heterocycles. The van der Waals surface area contributed by atoms with Gasteiger partial charge in [0.25, 0.3) is 0 Å². The summed E-state index contributed by atoms with van der Waals surface area (Å²) >= 11 is 0. The van der Waals surface area contributed by atoms with Crippen molar-refractivity contribution in [2.75, 3.05) is 6.61 Å². The summed E-state index contributed by atoms with van der Waals surface area (Å²) in [5.41, 5.74) is 0.817. The molecule has 1 aliphatic heterocycles. The monoisotopic (exact) mass is 459 g/mol. The molecule has 0 saturated carbocycles. The van der Waals surface area contributed by atoms with Crippen LogP contribution < -0.4 is 0 Å². The Hall–Kier alpha value is -1.75. The minimum absolute atomic E-state index is 0.212. The maximum Gasteiger partial charge on any atom is 0.545 e. The molecule has 9 nitrogen and oxygen atoms in total. The first-order chi connectivity index (χ1) is 14.2. The average Bonchev–Trinajstić information content (AvgIpc) is 2.75. The van der Waals surface area contributed by atoms with Gasteiger partial charge in [-0.25, -0.2) is 4.18 Å². The fraction of sp³-hybridized carbons (Fsp3) is 0.368. The molecule has 2 aromatic carbocycles. The Morgan fingerprint density at radius 1 is 1.03 bits per heavy atom. The minimum atomic E-state index is -4.36. The lowest BCUT2D eigenvalue weighted by atomic mass is 10.0. The number of benzene rings is 2. The summed E-state index contributed by atoms with van der Waals surface area (Å²) in [4.78, 5) is -0.212. The van der Waals surface area contributed by atoms with Crippen LogP contribution in [0, 0.1) is 6.92 Å². The molecule has 164 valence electrons. The van der Waals surface area contributed by atoms with Gasteiger partial charge in [-0.05, 0) is 23.6 Å². The van der Waals surface area contributed by atoms with Crippen LogP contribution >= 0.6 is 8.03 Å². The molecule has 2 aromatic rings. The molecule has 4 N–H and O–H groups in total. The van der Waals surface area contributed by atoms with Crippen molar-refractivity contribution < 1.29 is 42.1 Å². The Kier molecular flexibility index (Phi) is 9.02. The van der Waals surface area contributed by atoms with Gasteiger partial charge in [0, 0.05) is 0 Å². The van der Waals surface area contributed by atoms with Gasteiger partial charge in [-0.15, -0.1) is 4.52 Å². The standard InChI is InChI=1S/C13H18O9PS.C6H6/c1-7-2-4-8(5-3-7)24(19,20)22-13-11(17)10(16)12(9(15)6-14)21-23(13)18;1-2-4-6-5-3-1/h2-5,9-17H,6H2,1H3;1-6H/q+1;. The molecule has 1 fully saturated rings. The molecule has 0 aromatic heterocycles. The molecular formula is C19H24O9PS+. The number of hydrogen-bond acceptors (Lipinski definition) is 9. The highest BCUT2D eigenvalue weighted by Gasteiger charge is 2.57. The van der Waals surface area contributed by atoms with Crippen molar-refractivity contribution in [2.45, 2.75) is 42.1 Å². The fourth-order valence-corrected chi connectivity index (χ4v) is 5.12. The van der Waals surface area contributed by atoms with Crippen LogP contribution in [0.2, 0.25) is 0 Å². The van der Waals surface area contributed by atoms with Crippen LogP contribution in [0.4, 0.5) is 0 Å². The number of hydrogen-bond donors (Lipinski definition) is 4. The smallest absolute Gasteiger partial charge is 0.394 e. The summed E-state index contributed by atoms with van der Waals surface area (Å²) in [6, 6.07) is 17.6. The Morgan fingerprint density at radius 3 is 2.00 bits per heavy atom. The van der Waals surface area contributed by atoms with Crippen molar-refractivity contribution in [2.24, 2.45) is 0 Å². The predicted molar refractivity (Wildman–Crippen MR) is 107 cm³/mol. The molecule has 0 radical (unpaired) electrons. The number of aliphatic hydroxyl groups excluding tert-OH is 4. The van der Waals surface area contributed by atoms with Crippen LogP contribution in [0.1, 0.15) is 5.56 Å². The second-order valence-corrected chi connectivity index (χ2v) is 9.36. The first-order valence-electron chi connectivity index (χ1n) is 8.95. The lowest BCUT2D eigenvalue weighted by Gasteiger charge is -2.30. The van der Waals surface area contributed by atoms with Crippen LogP contribution in [0.25, 0.3) is 0 Å². The third-order valence-electron chi connectivity index (χ3n) is 4.18. The largest absolute Gasteiger partial charge is 0.545 e. The van der Waals surface area contributed by atoms with Gasteiger partial charge in [0.2, 0.25) is 0 Å². The summed E-state index contributed by atoms with van der Waals surface area (Å²) in [6.07, 6.45) is -6.81. The fourth-order valence-electron chi connectivity index (χ4n) is 2.50. The Labute approximate surface area is 175 Å². The molecule has 1 heterocycles.